The van der Waals surface area contributed by atoms with E-state index < -0.39 is 0 Å². The van der Waals surface area contributed by atoms with Gasteiger partial charge in [0, 0.05) is 30.9 Å². The van der Waals surface area contributed by atoms with Gasteiger partial charge < -0.3 is 33.7 Å². The molecule has 1 aliphatic heterocycles. The standard InChI is InChI=1S/C35H45NO7/c1-38-32-12-5-4-10-29(32)26-40-21-8-22-41-30-17-15-27(16-18-30)31-19-20-36-25-34(31)43-24-23-42-33-13-6-3-9-28(33)11-7-14-35(37)39-2/h3-6,9-10,12-13,15-18,31,34,36H,7-8,11,14,19-26H2,1-2H3/t31-,34+/m1/s1. The summed E-state index contributed by atoms with van der Waals surface area (Å²) < 4.78 is 34.3. The molecule has 8 nitrogen and oxygen atoms in total. The Kier molecular flexibility index (Phi) is 13.7. The molecule has 0 saturated carbocycles. The molecule has 0 unspecified atom stereocenters. The normalized spacial score (nSPS) is 16.4. The van der Waals surface area contributed by atoms with Crippen LogP contribution in [0.5, 0.6) is 17.2 Å². The Morgan fingerprint density at radius 1 is 0.814 bits per heavy atom. The monoisotopic (exact) mass is 591 g/mol. The molecule has 2 atom stereocenters. The second-order valence-corrected chi connectivity index (χ2v) is 10.5. The first-order valence-corrected chi connectivity index (χ1v) is 15.2. The number of benzene rings is 3. The van der Waals surface area contributed by atoms with Gasteiger partial charge in [-0.05, 0) is 61.2 Å². The highest BCUT2D eigenvalue weighted by Gasteiger charge is 2.27. The molecule has 0 aliphatic carbocycles. The van der Waals surface area contributed by atoms with Crippen molar-refractivity contribution in [3.05, 3.63) is 89.5 Å². The van der Waals surface area contributed by atoms with Crippen molar-refractivity contribution in [2.75, 3.05) is 53.7 Å². The Labute approximate surface area is 255 Å². The van der Waals surface area contributed by atoms with Gasteiger partial charge in [0.1, 0.15) is 23.9 Å². The van der Waals surface area contributed by atoms with E-state index in [1.54, 1.807) is 7.11 Å². The summed E-state index contributed by atoms with van der Waals surface area (Å²) in [5, 5.41) is 3.47. The molecule has 0 bridgehead atoms. The molecule has 0 amide bonds. The SMILES string of the molecule is COC(=O)CCCc1ccccc1OCCO[C@H]1CNCC[C@@H]1c1ccc(OCCCOCc2ccccc2OC)cc1. The summed E-state index contributed by atoms with van der Waals surface area (Å²) in [5.41, 5.74) is 3.39. The summed E-state index contributed by atoms with van der Waals surface area (Å²) in [6.45, 7) is 4.48. The lowest BCUT2D eigenvalue weighted by atomic mass is 9.88. The van der Waals surface area contributed by atoms with Gasteiger partial charge in [-0.15, -0.1) is 0 Å². The number of para-hydroxylation sites is 2. The summed E-state index contributed by atoms with van der Waals surface area (Å²) in [5.74, 6) is 2.67. The average molecular weight is 592 g/mol. The summed E-state index contributed by atoms with van der Waals surface area (Å²) in [6, 6.07) is 24.3. The maximum absolute atomic E-state index is 11.4. The minimum atomic E-state index is -0.188. The number of ether oxygens (including phenoxy) is 6. The van der Waals surface area contributed by atoms with E-state index in [-0.39, 0.29) is 12.1 Å². The number of esters is 1. The van der Waals surface area contributed by atoms with E-state index >= 15 is 0 Å². The highest BCUT2D eigenvalue weighted by atomic mass is 16.5. The quantitative estimate of drug-likeness (QED) is 0.149. The highest BCUT2D eigenvalue weighted by Crippen LogP contribution is 2.29. The molecule has 0 aromatic heterocycles. The maximum atomic E-state index is 11.4. The predicted molar refractivity (Wildman–Crippen MR) is 166 cm³/mol. The Hall–Kier alpha value is -3.59. The zero-order valence-electron chi connectivity index (χ0n) is 25.4. The predicted octanol–water partition coefficient (Wildman–Crippen LogP) is 5.72. The van der Waals surface area contributed by atoms with Crippen molar-refractivity contribution in [2.24, 2.45) is 0 Å². The molecule has 3 aromatic carbocycles. The molecule has 4 rings (SSSR count). The largest absolute Gasteiger partial charge is 0.496 e. The fraction of sp³-hybridized carbons (Fsp3) is 0.457. The fourth-order valence-corrected chi connectivity index (χ4v) is 5.28. The van der Waals surface area contributed by atoms with Crippen molar-refractivity contribution in [3.63, 3.8) is 0 Å². The topological polar surface area (TPSA) is 84.5 Å². The first-order valence-electron chi connectivity index (χ1n) is 15.2. The Balaban J connectivity index is 1.16. The number of hydrogen-bond acceptors (Lipinski definition) is 8. The molecular weight excluding hydrogens is 546 g/mol. The molecular formula is C35H45NO7. The van der Waals surface area contributed by atoms with Gasteiger partial charge >= 0.3 is 5.97 Å². The number of nitrogens with one attached hydrogen (secondary N) is 1. The third-order valence-corrected chi connectivity index (χ3v) is 7.59. The molecule has 43 heavy (non-hydrogen) atoms. The zero-order chi connectivity index (χ0) is 30.1. The van der Waals surface area contributed by atoms with Crippen LogP contribution in [0.1, 0.15) is 48.3 Å². The summed E-state index contributed by atoms with van der Waals surface area (Å²) in [7, 11) is 3.09. The lowest BCUT2D eigenvalue weighted by molar-refractivity contribution is -0.140. The van der Waals surface area contributed by atoms with E-state index in [1.165, 1.54) is 12.7 Å². The molecule has 1 aliphatic rings. The summed E-state index contributed by atoms with van der Waals surface area (Å²) >= 11 is 0. The van der Waals surface area contributed by atoms with Crippen LogP contribution in [-0.4, -0.2) is 65.8 Å². The van der Waals surface area contributed by atoms with Crippen LogP contribution in [0.2, 0.25) is 0 Å². The molecule has 1 heterocycles. The number of carbonyl (C=O) groups excluding carboxylic acids is 1. The Morgan fingerprint density at radius 2 is 1.58 bits per heavy atom. The van der Waals surface area contributed by atoms with Crippen LogP contribution in [-0.2, 0) is 32.0 Å². The number of hydrogen-bond donors (Lipinski definition) is 1. The summed E-state index contributed by atoms with van der Waals surface area (Å²) in [4.78, 5) is 11.4. The van der Waals surface area contributed by atoms with E-state index in [4.69, 9.17) is 28.4 Å². The van der Waals surface area contributed by atoms with Gasteiger partial charge in [0.15, 0.2) is 0 Å². The van der Waals surface area contributed by atoms with E-state index in [2.05, 4.69) is 17.4 Å². The number of aryl methyl sites for hydroxylation is 1. The van der Waals surface area contributed by atoms with Crippen LogP contribution in [0, 0.1) is 0 Å². The van der Waals surface area contributed by atoms with Gasteiger partial charge in [-0.25, -0.2) is 0 Å². The lowest BCUT2D eigenvalue weighted by Crippen LogP contribution is -2.41. The molecule has 3 aromatic rings. The van der Waals surface area contributed by atoms with Crippen molar-refractivity contribution in [3.8, 4) is 17.2 Å². The highest BCUT2D eigenvalue weighted by molar-refractivity contribution is 5.69. The second kappa shape index (κ2) is 18.2. The van der Waals surface area contributed by atoms with Crippen molar-refractivity contribution < 1.29 is 33.2 Å². The van der Waals surface area contributed by atoms with Crippen molar-refractivity contribution in [1.29, 1.82) is 0 Å². The number of methoxy groups -OCH3 is 2. The number of carbonyl (C=O) groups is 1. The van der Waals surface area contributed by atoms with Gasteiger partial charge in [0.25, 0.3) is 0 Å². The molecule has 1 N–H and O–H groups in total. The molecule has 0 spiro atoms. The van der Waals surface area contributed by atoms with Crippen LogP contribution in [0.25, 0.3) is 0 Å². The van der Waals surface area contributed by atoms with Crippen molar-refractivity contribution in [1.82, 2.24) is 5.32 Å². The first kappa shape index (κ1) is 32.3. The molecule has 232 valence electrons. The average Bonchev–Trinajstić information content (AvgIpc) is 3.06. The Bertz CT molecular complexity index is 1230. The van der Waals surface area contributed by atoms with E-state index in [0.29, 0.717) is 45.4 Å². The fourth-order valence-electron chi connectivity index (χ4n) is 5.28. The Morgan fingerprint density at radius 3 is 2.37 bits per heavy atom. The van der Waals surface area contributed by atoms with Crippen LogP contribution in [0.3, 0.4) is 0 Å². The summed E-state index contributed by atoms with van der Waals surface area (Å²) in [6.07, 6.45) is 3.77. The maximum Gasteiger partial charge on any atom is 0.305 e. The second-order valence-electron chi connectivity index (χ2n) is 10.5. The zero-order valence-corrected chi connectivity index (χ0v) is 25.4. The third-order valence-electron chi connectivity index (χ3n) is 7.59. The van der Waals surface area contributed by atoms with E-state index in [0.717, 1.165) is 67.1 Å². The van der Waals surface area contributed by atoms with Crippen LogP contribution < -0.4 is 19.5 Å². The molecule has 8 heteroatoms. The molecule has 1 saturated heterocycles. The van der Waals surface area contributed by atoms with Crippen molar-refractivity contribution >= 4 is 5.97 Å². The molecule has 0 radical (unpaired) electrons. The first-order chi connectivity index (χ1) is 21.2. The van der Waals surface area contributed by atoms with Gasteiger partial charge in [-0.1, -0.05) is 48.5 Å². The van der Waals surface area contributed by atoms with Gasteiger partial charge in [-0.2, -0.15) is 0 Å². The van der Waals surface area contributed by atoms with E-state index in [1.807, 2.05) is 60.7 Å². The van der Waals surface area contributed by atoms with Crippen LogP contribution >= 0.6 is 0 Å². The van der Waals surface area contributed by atoms with E-state index in [9.17, 15) is 4.79 Å². The van der Waals surface area contributed by atoms with Gasteiger partial charge in [-0.3, -0.25) is 4.79 Å². The number of piperidine rings is 1. The van der Waals surface area contributed by atoms with Gasteiger partial charge in [0.05, 0.1) is 46.8 Å². The molecule has 1 fully saturated rings. The van der Waals surface area contributed by atoms with Crippen LogP contribution in [0.4, 0.5) is 0 Å². The smallest absolute Gasteiger partial charge is 0.305 e. The van der Waals surface area contributed by atoms with Crippen molar-refractivity contribution in [2.45, 2.75) is 50.7 Å². The lowest BCUT2D eigenvalue weighted by Gasteiger charge is -2.32. The third kappa shape index (κ3) is 10.6. The van der Waals surface area contributed by atoms with Gasteiger partial charge in [0.2, 0.25) is 0 Å². The minimum absolute atomic E-state index is 0.0693. The number of rotatable bonds is 18. The minimum Gasteiger partial charge on any atom is -0.496 e. The van der Waals surface area contributed by atoms with Crippen LogP contribution in [0.15, 0.2) is 72.8 Å².